The Kier molecular flexibility index (Phi) is 3.83. The maximum atomic E-state index is 11.6. The first-order valence-electron chi connectivity index (χ1n) is 5.21. The third-order valence-electron chi connectivity index (χ3n) is 2.12. The van der Waals surface area contributed by atoms with Crippen LogP contribution < -0.4 is 0 Å². The van der Waals surface area contributed by atoms with E-state index in [1.54, 1.807) is 6.92 Å². The largest absolute Gasteiger partial charge is 0.462 e. The zero-order chi connectivity index (χ0) is 13.0. The van der Waals surface area contributed by atoms with Crippen molar-refractivity contribution in [2.75, 3.05) is 6.61 Å². The van der Waals surface area contributed by atoms with Crippen LogP contribution in [0.3, 0.4) is 0 Å². The fourth-order valence-electron chi connectivity index (χ4n) is 1.33. The molecular formula is C10H10ClN5O2. The molecule has 7 nitrogen and oxygen atoms in total. The Morgan fingerprint density at radius 2 is 2.33 bits per heavy atom. The van der Waals surface area contributed by atoms with Gasteiger partial charge in [0, 0.05) is 6.20 Å². The van der Waals surface area contributed by atoms with Gasteiger partial charge < -0.3 is 4.74 Å². The van der Waals surface area contributed by atoms with Gasteiger partial charge in [-0.1, -0.05) is 0 Å². The lowest BCUT2D eigenvalue weighted by molar-refractivity contribution is 0.0524. The monoisotopic (exact) mass is 267 g/mol. The van der Waals surface area contributed by atoms with E-state index in [2.05, 4.69) is 25.1 Å². The number of carbonyl (C=O) groups excluding carboxylic acids is 1. The molecule has 0 fully saturated rings. The third kappa shape index (κ3) is 2.45. The summed E-state index contributed by atoms with van der Waals surface area (Å²) in [6.45, 7) is 2.01. The van der Waals surface area contributed by atoms with Crippen molar-refractivity contribution in [1.29, 1.82) is 0 Å². The Bertz CT molecular complexity index is 543. The molecule has 18 heavy (non-hydrogen) atoms. The predicted molar refractivity (Wildman–Crippen MR) is 62.9 cm³/mol. The van der Waals surface area contributed by atoms with E-state index >= 15 is 0 Å². The number of aromatic nitrogens is 5. The predicted octanol–water partition coefficient (Wildman–Crippen LogP) is 1.18. The first-order chi connectivity index (χ1) is 8.76. The highest BCUT2D eigenvalue weighted by Crippen LogP contribution is 2.14. The van der Waals surface area contributed by atoms with Gasteiger partial charge in [-0.2, -0.15) is 5.10 Å². The zero-order valence-electron chi connectivity index (χ0n) is 9.55. The normalized spacial score (nSPS) is 10.3. The van der Waals surface area contributed by atoms with Gasteiger partial charge in [0.1, 0.15) is 11.9 Å². The number of halogens is 1. The van der Waals surface area contributed by atoms with Crippen molar-refractivity contribution in [3.8, 4) is 11.6 Å². The standard InChI is InChI=1S/C10H10ClN5O2/c1-2-18-10(17)6-4-12-8(15-7(6)3-11)9-13-5-14-16-9/h4-5H,2-3H2,1H3,(H,13,14,16). The summed E-state index contributed by atoms with van der Waals surface area (Å²) in [6, 6.07) is 0. The minimum Gasteiger partial charge on any atom is -0.462 e. The summed E-state index contributed by atoms with van der Waals surface area (Å²) in [5.74, 6) is 0.336. The molecule has 0 bridgehead atoms. The summed E-state index contributed by atoms with van der Waals surface area (Å²) in [7, 11) is 0. The van der Waals surface area contributed by atoms with Crippen molar-refractivity contribution in [3.05, 3.63) is 23.8 Å². The molecule has 94 valence electrons. The fraction of sp³-hybridized carbons (Fsp3) is 0.300. The van der Waals surface area contributed by atoms with Gasteiger partial charge in [-0.15, -0.1) is 11.6 Å². The molecular weight excluding hydrogens is 258 g/mol. The van der Waals surface area contributed by atoms with Crippen LogP contribution in [0.4, 0.5) is 0 Å². The van der Waals surface area contributed by atoms with Crippen molar-refractivity contribution in [2.45, 2.75) is 12.8 Å². The van der Waals surface area contributed by atoms with Gasteiger partial charge in [-0.05, 0) is 6.92 Å². The molecule has 0 aromatic carbocycles. The van der Waals surface area contributed by atoms with Crippen LogP contribution in [0.25, 0.3) is 11.6 Å². The molecule has 0 amide bonds. The third-order valence-corrected chi connectivity index (χ3v) is 2.37. The summed E-state index contributed by atoms with van der Waals surface area (Å²) in [5.41, 5.74) is 0.659. The van der Waals surface area contributed by atoms with Crippen molar-refractivity contribution in [3.63, 3.8) is 0 Å². The van der Waals surface area contributed by atoms with Crippen LogP contribution in [0.2, 0.25) is 0 Å². The van der Waals surface area contributed by atoms with Crippen molar-refractivity contribution in [1.82, 2.24) is 25.1 Å². The van der Waals surface area contributed by atoms with Gasteiger partial charge in [-0.25, -0.2) is 19.7 Å². The van der Waals surface area contributed by atoms with Gasteiger partial charge in [0.05, 0.1) is 18.2 Å². The molecule has 0 unspecified atom stereocenters. The van der Waals surface area contributed by atoms with Crippen LogP contribution in [-0.2, 0) is 10.6 Å². The summed E-state index contributed by atoms with van der Waals surface area (Å²) >= 11 is 5.77. The Morgan fingerprint density at radius 1 is 1.50 bits per heavy atom. The van der Waals surface area contributed by atoms with Crippen molar-refractivity contribution < 1.29 is 9.53 Å². The van der Waals surface area contributed by atoms with E-state index in [4.69, 9.17) is 16.3 Å². The van der Waals surface area contributed by atoms with Crippen LogP contribution in [0, 0.1) is 0 Å². The SMILES string of the molecule is CCOC(=O)c1cnc(-c2ncn[nH]2)nc1CCl. The number of ether oxygens (including phenoxy) is 1. The fourth-order valence-corrected chi connectivity index (χ4v) is 1.53. The van der Waals surface area contributed by atoms with Crippen LogP contribution in [0.5, 0.6) is 0 Å². The first kappa shape index (κ1) is 12.4. The molecule has 0 aliphatic rings. The highest BCUT2D eigenvalue weighted by molar-refractivity contribution is 6.17. The summed E-state index contributed by atoms with van der Waals surface area (Å²) in [5, 5.41) is 6.33. The summed E-state index contributed by atoms with van der Waals surface area (Å²) in [6.07, 6.45) is 2.72. The van der Waals surface area contributed by atoms with Crippen LogP contribution in [0.1, 0.15) is 23.0 Å². The molecule has 0 aliphatic carbocycles. The number of nitrogens with zero attached hydrogens (tertiary/aromatic N) is 4. The van der Waals surface area contributed by atoms with Crippen LogP contribution >= 0.6 is 11.6 Å². The molecule has 1 N–H and O–H groups in total. The van der Waals surface area contributed by atoms with Crippen molar-refractivity contribution >= 4 is 17.6 Å². The molecule has 0 spiro atoms. The Hall–Kier alpha value is -2.02. The van der Waals surface area contributed by atoms with E-state index in [-0.39, 0.29) is 18.1 Å². The van der Waals surface area contributed by atoms with E-state index < -0.39 is 5.97 Å². The average Bonchev–Trinajstić information content (AvgIpc) is 2.92. The lowest BCUT2D eigenvalue weighted by Crippen LogP contribution is -2.10. The molecule has 0 saturated carbocycles. The smallest absolute Gasteiger partial charge is 0.341 e. The van der Waals surface area contributed by atoms with Gasteiger partial charge in [0.2, 0.25) is 0 Å². The second-order valence-corrected chi connectivity index (χ2v) is 3.51. The number of hydrogen-bond acceptors (Lipinski definition) is 6. The number of rotatable bonds is 4. The topological polar surface area (TPSA) is 93.6 Å². The van der Waals surface area contributed by atoms with Gasteiger partial charge >= 0.3 is 5.97 Å². The van der Waals surface area contributed by atoms with E-state index in [0.29, 0.717) is 17.3 Å². The van der Waals surface area contributed by atoms with E-state index in [0.717, 1.165) is 0 Å². The van der Waals surface area contributed by atoms with Crippen LogP contribution in [0.15, 0.2) is 12.5 Å². The lowest BCUT2D eigenvalue weighted by Gasteiger charge is -2.06. The number of aromatic amines is 1. The van der Waals surface area contributed by atoms with Crippen molar-refractivity contribution in [2.24, 2.45) is 0 Å². The number of carbonyl (C=O) groups is 1. The summed E-state index contributed by atoms with van der Waals surface area (Å²) in [4.78, 5) is 23.7. The molecule has 2 rings (SSSR count). The highest BCUT2D eigenvalue weighted by atomic mass is 35.5. The second kappa shape index (κ2) is 5.54. The molecule has 2 aromatic rings. The van der Waals surface area contributed by atoms with Gasteiger partial charge in [0.15, 0.2) is 11.6 Å². The number of alkyl halides is 1. The quantitative estimate of drug-likeness (QED) is 0.660. The molecule has 2 heterocycles. The van der Waals surface area contributed by atoms with E-state index in [9.17, 15) is 4.79 Å². The first-order valence-corrected chi connectivity index (χ1v) is 5.74. The van der Waals surface area contributed by atoms with Crippen LogP contribution in [-0.4, -0.2) is 37.7 Å². The minimum atomic E-state index is -0.489. The summed E-state index contributed by atoms with van der Waals surface area (Å²) < 4.78 is 4.89. The van der Waals surface area contributed by atoms with E-state index in [1.807, 2.05) is 0 Å². The Balaban J connectivity index is 2.37. The Morgan fingerprint density at radius 3 is 2.94 bits per heavy atom. The molecule has 2 aromatic heterocycles. The maximum absolute atomic E-state index is 11.6. The molecule has 0 saturated heterocycles. The average molecular weight is 268 g/mol. The second-order valence-electron chi connectivity index (χ2n) is 3.24. The van der Waals surface area contributed by atoms with Gasteiger partial charge in [-0.3, -0.25) is 5.10 Å². The number of nitrogens with one attached hydrogen (secondary N) is 1. The molecule has 8 heteroatoms. The molecule has 0 atom stereocenters. The number of H-pyrrole nitrogens is 1. The minimum absolute atomic E-state index is 0.0812. The Labute approximate surface area is 108 Å². The highest BCUT2D eigenvalue weighted by Gasteiger charge is 2.16. The zero-order valence-corrected chi connectivity index (χ0v) is 10.3. The number of hydrogen-bond donors (Lipinski definition) is 1. The molecule has 0 aliphatic heterocycles. The lowest BCUT2D eigenvalue weighted by atomic mass is 10.2. The van der Waals surface area contributed by atoms with Gasteiger partial charge in [0.25, 0.3) is 0 Å². The van der Waals surface area contributed by atoms with E-state index in [1.165, 1.54) is 12.5 Å². The molecule has 0 radical (unpaired) electrons. The number of esters is 1. The maximum Gasteiger partial charge on any atom is 0.341 e.